The quantitative estimate of drug-likeness (QED) is 0.712. The molecule has 7 nitrogen and oxygen atoms in total. The molecule has 2 unspecified atom stereocenters. The Bertz CT molecular complexity index is 760. The Morgan fingerprint density at radius 1 is 1.29 bits per heavy atom. The largest absolute Gasteiger partial charge is 0.478 e. The Morgan fingerprint density at radius 3 is 2.39 bits per heavy atom. The highest BCUT2D eigenvalue weighted by Crippen LogP contribution is 2.55. The number of amides is 1. The molecule has 2 atom stereocenters. The van der Waals surface area contributed by atoms with E-state index in [9.17, 15) is 9.59 Å². The van der Waals surface area contributed by atoms with Gasteiger partial charge in [0.25, 0.3) is 0 Å². The zero-order valence-electron chi connectivity index (χ0n) is 16.2. The number of hydrogen-bond acceptors (Lipinski definition) is 4. The van der Waals surface area contributed by atoms with Crippen LogP contribution in [-0.4, -0.2) is 38.3 Å². The van der Waals surface area contributed by atoms with Gasteiger partial charge in [-0.3, -0.25) is 9.48 Å². The first-order valence-corrected chi connectivity index (χ1v) is 10.7. The summed E-state index contributed by atoms with van der Waals surface area (Å²) < 4.78 is 1.61. The van der Waals surface area contributed by atoms with Crippen LogP contribution in [0.4, 0.5) is 0 Å². The van der Waals surface area contributed by atoms with E-state index in [1.807, 2.05) is 0 Å². The molecular formula is C20H29ClN4O3. The van der Waals surface area contributed by atoms with E-state index in [2.05, 4.69) is 10.4 Å². The van der Waals surface area contributed by atoms with Crippen molar-refractivity contribution in [2.45, 2.75) is 75.9 Å². The number of carbonyl (C=O) groups excluding carboxylic acids is 1. The molecule has 5 fully saturated rings. The number of halogens is 1. The van der Waals surface area contributed by atoms with Crippen molar-refractivity contribution >= 4 is 23.5 Å². The molecule has 0 aliphatic heterocycles. The molecule has 1 amide bonds. The Kier molecular flexibility index (Phi) is 5.16. The number of carbonyl (C=O) groups is 2. The van der Waals surface area contributed by atoms with Gasteiger partial charge in [0.05, 0.1) is 12.2 Å². The number of aromatic nitrogens is 2. The predicted octanol–water partition coefficient (Wildman–Crippen LogP) is 2.99. The van der Waals surface area contributed by atoms with Crippen molar-refractivity contribution in [3.05, 3.63) is 16.9 Å². The molecule has 0 radical (unpaired) electrons. The minimum absolute atomic E-state index is 0.0913. The van der Waals surface area contributed by atoms with E-state index in [-0.39, 0.29) is 22.2 Å². The molecule has 154 valence electrons. The number of carboxylic acid groups (broad SMARTS) is 1. The smallest absolute Gasteiger partial charge is 0.340 e. The number of rotatable bonds is 3. The van der Waals surface area contributed by atoms with Crippen molar-refractivity contribution in [3.8, 4) is 0 Å². The molecule has 4 N–H and O–H groups in total. The number of aromatic carboxylic acids is 1. The van der Waals surface area contributed by atoms with Gasteiger partial charge >= 0.3 is 5.97 Å². The van der Waals surface area contributed by atoms with Crippen LogP contribution in [-0.2, 0) is 4.79 Å². The molecule has 0 spiro atoms. The normalized spacial score (nSPS) is 35.7. The Labute approximate surface area is 170 Å². The summed E-state index contributed by atoms with van der Waals surface area (Å²) in [5, 5.41) is 16.1. The van der Waals surface area contributed by atoms with Gasteiger partial charge in [-0.25, -0.2) is 4.79 Å². The maximum Gasteiger partial charge on any atom is 0.340 e. The zero-order chi connectivity index (χ0) is 20.1. The third-order valence-electron chi connectivity index (χ3n) is 7.17. The average Bonchev–Trinajstić information content (AvgIpc) is 2.91. The van der Waals surface area contributed by atoms with Crippen molar-refractivity contribution in [2.24, 2.45) is 23.5 Å². The number of nitrogens with one attached hydrogen (secondary N) is 1. The van der Waals surface area contributed by atoms with Crippen LogP contribution in [0.2, 0.25) is 5.15 Å². The lowest BCUT2D eigenvalue weighted by molar-refractivity contribution is -0.125. The summed E-state index contributed by atoms with van der Waals surface area (Å²) in [6.45, 7) is 1.64. The maximum atomic E-state index is 11.3. The minimum atomic E-state index is -1.02. The zero-order valence-corrected chi connectivity index (χ0v) is 17.0. The van der Waals surface area contributed by atoms with Crippen LogP contribution in [0.25, 0.3) is 0 Å². The van der Waals surface area contributed by atoms with Gasteiger partial charge in [0.15, 0.2) is 0 Å². The monoisotopic (exact) mass is 408 g/mol. The van der Waals surface area contributed by atoms with Gasteiger partial charge in [0.2, 0.25) is 5.91 Å². The molecule has 1 aromatic heterocycles. The van der Waals surface area contributed by atoms with Crippen molar-refractivity contribution < 1.29 is 14.7 Å². The summed E-state index contributed by atoms with van der Waals surface area (Å²) in [4.78, 5) is 21.9. The molecule has 28 heavy (non-hydrogen) atoms. The van der Waals surface area contributed by atoms with E-state index in [1.54, 1.807) is 11.6 Å². The second-order valence-corrected chi connectivity index (χ2v) is 9.55. The van der Waals surface area contributed by atoms with Gasteiger partial charge in [0.1, 0.15) is 10.7 Å². The molecule has 0 aromatic carbocycles. The van der Waals surface area contributed by atoms with E-state index in [0.29, 0.717) is 23.9 Å². The Hall–Kier alpha value is -1.60. The lowest BCUT2D eigenvalue weighted by atomic mass is 9.51. The summed E-state index contributed by atoms with van der Waals surface area (Å²) >= 11 is 5.85. The van der Waals surface area contributed by atoms with E-state index in [4.69, 9.17) is 22.4 Å². The first-order chi connectivity index (χ1) is 13.3. The molecule has 5 saturated carbocycles. The first kappa shape index (κ1) is 19.7. The van der Waals surface area contributed by atoms with Crippen LogP contribution in [0.3, 0.4) is 0 Å². The van der Waals surface area contributed by atoms with Gasteiger partial charge < -0.3 is 16.2 Å². The summed E-state index contributed by atoms with van der Waals surface area (Å²) in [5.41, 5.74) is 6.46. The van der Waals surface area contributed by atoms with Crippen molar-refractivity contribution in [1.29, 1.82) is 0 Å². The summed E-state index contributed by atoms with van der Waals surface area (Å²) in [6, 6.07) is 0.712. The highest BCUT2D eigenvalue weighted by atomic mass is 35.5. The molecule has 5 aliphatic rings. The highest BCUT2D eigenvalue weighted by molar-refractivity contribution is 6.32. The van der Waals surface area contributed by atoms with Crippen molar-refractivity contribution in [1.82, 2.24) is 15.1 Å². The van der Waals surface area contributed by atoms with Crippen LogP contribution < -0.4 is 11.1 Å². The maximum absolute atomic E-state index is 11.3. The molecule has 1 heterocycles. The van der Waals surface area contributed by atoms with Crippen LogP contribution in [0.5, 0.6) is 0 Å². The minimum Gasteiger partial charge on any atom is -0.478 e. The van der Waals surface area contributed by atoms with Gasteiger partial charge in [0, 0.05) is 18.5 Å². The fourth-order valence-electron chi connectivity index (χ4n) is 5.97. The number of hydrogen-bond donors (Lipinski definition) is 3. The van der Waals surface area contributed by atoms with E-state index in [1.165, 1.54) is 31.9 Å². The fourth-order valence-corrected chi connectivity index (χ4v) is 6.28. The summed E-state index contributed by atoms with van der Waals surface area (Å²) in [5.74, 6) is 1.28. The molecule has 8 heteroatoms. The number of nitrogens with two attached hydrogens (primary N) is 1. The van der Waals surface area contributed by atoms with Gasteiger partial charge in [-0.1, -0.05) is 11.6 Å². The van der Waals surface area contributed by atoms with Crippen LogP contribution in [0.1, 0.15) is 74.7 Å². The van der Waals surface area contributed by atoms with Gasteiger partial charge in [-0.2, -0.15) is 5.10 Å². The van der Waals surface area contributed by atoms with Gasteiger partial charge in [-0.05, 0) is 69.1 Å². The summed E-state index contributed by atoms with van der Waals surface area (Å²) in [6.07, 6.45) is 10.6. The topological polar surface area (TPSA) is 110 Å². The van der Waals surface area contributed by atoms with E-state index >= 15 is 0 Å². The molecule has 1 aromatic rings. The number of carboxylic acids is 1. The first-order valence-electron chi connectivity index (χ1n) is 10.3. The fraction of sp³-hybridized carbons (Fsp3) is 0.750. The predicted molar refractivity (Wildman–Crippen MR) is 105 cm³/mol. The van der Waals surface area contributed by atoms with Gasteiger partial charge in [-0.15, -0.1) is 0 Å². The van der Waals surface area contributed by atoms with E-state index < -0.39 is 5.97 Å². The molecule has 0 saturated heterocycles. The van der Waals surface area contributed by atoms with Crippen molar-refractivity contribution in [3.63, 3.8) is 0 Å². The third-order valence-corrected chi connectivity index (χ3v) is 7.55. The number of nitrogens with zero attached hydrogens (tertiary/aromatic N) is 2. The second-order valence-electron chi connectivity index (χ2n) is 9.19. The average molecular weight is 409 g/mol. The standard InChI is InChI=1S/C12H20N2O.C8H9ClN2O2/c1-7(15)14-12-4-8-2-9(5-12)11(13)10(3-8)6-12;9-7-6(8(12)13)4-10-11(7)5-2-1-3-5/h8-11H,2-6,13H2,1H3,(H,14,15);4-5H,1-3H2,(H,12,13). The SMILES string of the molecule is CC(=O)NC12CC3CC(C1)C(N)C(C3)C2.O=C(O)c1cnn(C2CCC2)c1Cl. The molecule has 5 aliphatic carbocycles. The van der Waals surface area contributed by atoms with Crippen LogP contribution in [0.15, 0.2) is 6.20 Å². The molecule has 6 rings (SSSR count). The Balaban J connectivity index is 0.000000139. The lowest BCUT2D eigenvalue weighted by Gasteiger charge is -2.59. The second kappa shape index (κ2) is 7.34. The van der Waals surface area contributed by atoms with E-state index in [0.717, 1.165) is 31.6 Å². The third kappa shape index (κ3) is 3.54. The van der Waals surface area contributed by atoms with Crippen LogP contribution in [0, 0.1) is 17.8 Å². The molecule has 4 bridgehead atoms. The molecular weight excluding hydrogens is 380 g/mol. The summed E-state index contributed by atoms with van der Waals surface area (Å²) in [7, 11) is 0. The lowest BCUT2D eigenvalue weighted by Crippen LogP contribution is -2.65. The van der Waals surface area contributed by atoms with Crippen LogP contribution >= 0.6 is 11.6 Å². The Morgan fingerprint density at radius 2 is 1.93 bits per heavy atom. The highest BCUT2D eigenvalue weighted by Gasteiger charge is 2.54. The van der Waals surface area contributed by atoms with Crippen molar-refractivity contribution in [2.75, 3.05) is 0 Å².